The highest BCUT2D eigenvalue weighted by Gasteiger charge is 2.38. The van der Waals surface area contributed by atoms with Crippen LogP contribution in [0.25, 0.3) is 0 Å². The SMILES string of the molecule is CC1CC1C(=O)Cc1ccnc(N)c1. The summed E-state index contributed by atoms with van der Waals surface area (Å²) in [6.45, 7) is 2.11. The molecule has 2 N–H and O–H groups in total. The monoisotopic (exact) mass is 190 g/mol. The molecule has 0 saturated heterocycles. The molecule has 1 aromatic heterocycles. The molecule has 0 amide bonds. The van der Waals surface area contributed by atoms with Crippen molar-refractivity contribution in [3.05, 3.63) is 23.9 Å². The fourth-order valence-corrected chi connectivity index (χ4v) is 1.71. The van der Waals surface area contributed by atoms with Crippen molar-refractivity contribution >= 4 is 11.6 Å². The van der Waals surface area contributed by atoms with Crippen LogP contribution in [0.1, 0.15) is 18.9 Å². The molecule has 0 aromatic carbocycles. The smallest absolute Gasteiger partial charge is 0.140 e. The first-order chi connectivity index (χ1) is 6.66. The van der Waals surface area contributed by atoms with E-state index in [2.05, 4.69) is 11.9 Å². The van der Waals surface area contributed by atoms with E-state index in [1.54, 1.807) is 12.3 Å². The second-order valence-electron chi connectivity index (χ2n) is 4.05. The molecule has 0 spiro atoms. The van der Waals surface area contributed by atoms with Crippen LogP contribution in [0.3, 0.4) is 0 Å². The van der Waals surface area contributed by atoms with E-state index in [-0.39, 0.29) is 0 Å². The Balaban J connectivity index is 2.00. The van der Waals surface area contributed by atoms with Crippen LogP contribution in [0.15, 0.2) is 18.3 Å². The average Bonchev–Trinajstić information content (AvgIpc) is 2.82. The molecule has 2 rings (SSSR count). The van der Waals surface area contributed by atoms with Crippen molar-refractivity contribution in [3.8, 4) is 0 Å². The number of ketones is 1. The number of rotatable bonds is 3. The minimum atomic E-state index is 0.296. The maximum atomic E-state index is 11.6. The third-order valence-electron chi connectivity index (χ3n) is 2.75. The molecule has 0 radical (unpaired) electrons. The number of hydrogen-bond donors (Lipinski definition) is 1. The highest BCUT2D eigenvalue weighted by Crippen LogP contribution is 2.39. The summed E-state index contributed by atoms with van der Waals surface area (Å²) in [6.07, 6.45) is 3.20. The van der Waals surface area contributed by atoms with Crippen LogP contribution in [-0.2, 0) is 11.2 Å². The molecule has 0 aliphatic heterocycles. The number of nitrogens with zero attached hydrogens (tertiary/aromatic N) is 1. The topological polar surface area (TPSA) is 56.0 Å². The van der Waals surface area contributed by atoms with E-state index < -0.39 is 0 Å². The molecule has 0 bridgehead atoms. The lowest BCUT2D eigenvalue weighted by Crippen LogP contribution is -2.06. The molecule has 1 saturated carbocycles. The van der Waals surface area contributed by atoms with Gasteiger partial charge in [0, 0.05) is 18.5 Å². The number of carbonyl (C=O) groups is 1. The molecule has 1 fully saturated rings. The molecule has 1 aliphatic carbocycles. The van der Waals surface area contributed by atoms with Gasteiger partial charge in [-0.3, -0.25) is 4.79 Å². The van der Waals surface area contributed by atoms with Gasteiger partial charge in [0.25, 0.3) is 0 Å². The summed E-state index contributed by atoms with van der Waals surface area (Å²) in [5.74, 6) is 1.70. The Bertz CT molecular complexity index is 362. The van der Waals surface area contributed by atoms with Crippen molar-refractivity contribution in [2.45, 2.75) is 19.8 Å². The molecule has 2 unspecified atom stereocenters. The standard InChI is InChI=1S/C11H14N2O/c1-7-4-9(7)10(14)5-8-2-3-13-11(12)6-8/h2-3,6-7,9H,4-5H2,1H3,(H2,12,13). The number of nitrogen functional groups attached to an aromatic ring is 1. The Hall–Kier alpha value is -1.38. The third-order valence-corrected chi connectivity index (χ3v) is 2.75. The summed E-state index contributed by atoms with van der Waals surface area (Å²) in [4.78, 5) is 15.5. The van der Waals surface area contributed by atoms with E-state index in [9.17, 15) is 4.79 Å². The van der Waals surface area contributed by atoms with E-state index >= 15 is 0 Å². The van der Waals surface area contributed by atoms with Gasteiger partial charge in [0.15, 0.2) is 0 Å². The van der Waals surface area contributed by atoms with Gasteiger partial charge in [0.2, 0.25) is 0 Å². The molecule has 1 aliphatic rings. The van der Waals surface area contributed by atoms with Gasteiger partial charge in [-0.15, -0.1) is 0 Å². The Labute approximate surface area is 83.3 Å². The quantitative estimate of drug-likeness (QED) is 0.784. The lowest BCUT2D eigenvalue weighted by atomic mass is 10.1. The lowest BCUT2D eigenvalue weighted by Gasteiger charge is -2.00. The zero-order valence-corrected chi connectivity index (χ0v) is 8.23. The third kappa shape index (κ3) is 1.92. The van der Waals surface area contributed by atoms with Crippen LogP contribution in [0.2, 0.25) is 0 Å². The zero-order valence-electron chi connectivity index (χ0n) is 8.23. The first-order valence-electron chi connectivity index (χ1n) is 4.90. The van der Waals surface area contributed by atoms with E-state index in [4.69, 9.17) is 5.73 Å². The molecule has 2 atom stereocenters. The zero-order chi connectivity index (χ0) is 10.1. The lowest BCUT2D eigenvalue weighted by molar-refractivity contribution is -0.119. The van der Waals surface area contributed by atoms with Crippen LogP contribution < -0.4 is 5.73 Å². The molecule has 74 valence electrons. The van der Waals surface area contributed by atoms with Crippen molar-refractivity contribution in [2.24, 2.45) is 11.8 Å². The Morgan fingerprint density at radius 1 is 1.71 bits per heavy atom. The molecule has 1 heterocycles. The van der Waals surface area contributed by atoms with E-state index in [1.165, 1.54) is 0 Å². The number of Topliss-reactive ketones (excluding diaryl/α,β-unsaturated/α-hetero) is 1. The van der Waals surface area contributed by atoms with Gasteiger partial charge in [0.1, 0.15) is 11.6 Å². The largest absolute Gasteiger partial charge is 0.384 e. The summed E-state index contributed by atoms with van der Waals surface area (Å²) in [6, 6.07) is 3.62. The van der Waals surface area contributed by atoms with Gasteiger partial charge in [0.05, 0.1) is 0 Å². The van der Waals surface area contributed by atoms with Crippen LogP contribution in [0, 0.1) is 11.8 Å². The van der Waals surface area contributed by atoms with Crippen molar-refractivity contribution in [2.75, 3.05) is 5.73 Å². The highest BCUT2D eigenvalue weighted by atomic mass is 16.1. The van der Waals surface area contributed by atoms with Gasteiger partial charge in [-0.05, 0) is 30.0 Å². The summed E-state index contributed by atoms with van der Waals surface area (Å²) in [5.41, 5.74) is 6.50. The highest BCUT2D eigenvalue weighted by molar-refractivity contribution is 5.85. The maximum Gasteiger partial charge on any atom is 0.140 e. The van der Waals surface area contributed by atoms with Gasteiger partial charge in [-0.25, -0.2) is 4.98 Å². The van der Waals surface area contributed by atoms with Gasteiger partial charge >= 0.3 is 0 Å². The van der Waals surface area contributed by atoms with Crippen LogP contribution in [-0.4, -0.2) is 10.8 Å². The Morgan fingerprint density at radius 2 is 2.43 bits per heavy atom. The van der Waals surface area contributed by atoms with Crippen molar-refractivity contribution in [3.63, 3.8) is 0 Å². The normalized spacial score (nSPS) is 24.6. The van der Waals surface area contributed by atoms with Crippen LogP contribution in [0.5, 0.6) is 0 Å². The number of aromatic nitrogens is 1. The average molecular weight is 190 g/mol. The maximum absolute atomic E-state index is 11.6. The molecular formula is C11H14N2O. The second-order valence-corrected chi connectivity index (χ2v) is 4.05. The van der Waals surface area contributed by atoms with Crippen molar-refractivity contribution < 1.29 is 4.79 Å². The predicted octanol–water partition coefficient (Wildman–Crippen LogP) is 1.43. The Kier molecular flexibility index (Phi) is 2.23. The Morgan fingerprint density at radius 3 is 3.00 bits per heavy atom. The van der Waals surface area contributed by atoms with E-state index in [0.717, 1.165) is 12.0 Å². The molecule has 14 heavy (non-hydrogen) atoms. The number of hydrogen-bond acceptors (Lipinski definition) is 3. The fourth-order valence-electron chi connectivity index (χ4n) is 1.71. The van der Waals surface area contributed by atoms with Gasteiger partial charge in [-0.2, -0.15) is 0 Å². The number of pyridine rings is 1. The number of nitrogens with two attached hydrogens (primary N) is 1. The number of carbonyl (C=O) groups excluding carboxylic acids is 1. The summed E-state index contributed by atoms with van der Waals surface area (Å²) in [5, 5.41) is 0. The van der Waals surface area contributed by atoms with Crippen molar-refractivity contribution in [1.82, 2.24) is 4.98 Å². The van der Waals surface area contributed by atoms with Crippen LogP contribution in [0.4, 0.5) is 5.82 Å². The number of anilines is 1. The molecular weight excluding hydrogens is 176 g/mol. The molecule has 3 nitrogen and oxygen atoms in total. The summed E-state index contributed by atoms with van der Waals surface area (Å²) in [7, 11) is 0. The van der Waals surface area contributed by atoms with Crippen molar-refractivity contribution in [1.29, 1.82) is 0 Å². The summed E-state index contributed by atoms with van der Waals surface area (Å²) >= 11 is 0. The molecule has 1 aromatic rings. The molecule has 3 heteroatoms. The minimum absolute atomic E-state index is 0.296. The van der Waals surface area contributed by atoms with Gasteiger partial charge in [-0.1, -0.05) is 6.92 Å². The van der Waals surface area contributed by atoms with Gasteiger partial charge < -0.3 is 5.73 Å². The predicted molar refractivity (Wildman–Crippen MR) is 54.6 cm³/mol. The second kappa shape index (κ2) is 3.40. The van der Waals surface area contributed by atoms with Crippen LogP contribution >= 0.6 is 0 Å². The fraction of sp³-hybridized carbons (Fsp3) is 0.455. The van der Waals surface area contributed by atoms with E-state index in [0.29, 0.717) is 29.9 Å². The summed E-state index contributed by atoms with van der Waals surface area (Å²) < 4.78 is 0. The first kappa shape index (κ1) is 9.19. The van der Waals surface area contributed by atoms with E-state index in [1.807, 2.05) is 6.07 Å². The minimum Gasteiger partial charge on any atom is -0.384 e. The first-order valence-corrected chi connectivity index (χ1v) is 4.90.